The molecule has 0 bridgehead atoms. The molecular weight excluding hydrogens is 311 g/mol. The fourth-order valence-corrected chi connectivity index (χ4v) is 2.38. The molecule has 3 heteroatoms. The number of nitrogens with one attached hydrogen (secondary N) is 1. The van der Waals surface area contributed by atoms with Crippen LogP contribution in [-0.4, -0.2) is 6.04 Å². The summed E-state index contributed by atoms with van der Waals surface area (Å²) in [6.45, 7) is 4.48. The maximum Gasteiger partial charge on any atom is 0.0479 e. The van der Waals surface area contributed by atoms with Gasteiger partial charge in [0.05, 0.1) is 0 Å². The fourth-order valence-electron chi connectivity index (χ4n) is 1.69. The first kappa shape index (κ1) is 13.6. The summed E-state index contributed by atoms with van der Waals surface area (Å²) in [7, 11) is 0. The van der Waals surface area contributed by atoms with Gasteiger partial charge in [0.2, 0.25) is 0 Å². The molecule has 90 valence electrons. The smallest absolute Gasteiger partial charge is 0.0479 e. The van der Waals surface area contributed by atoms with Gasteiger partial charge in [0.15, 0.2) is 0 Å². The van der Waals surface area contributed by atoms with Gasteiger partial charge in [-0.05, 0) is 54.1 Å². The molecule has 3 N–H and O–H groups in total. The number of hydrogen-bond donors (Lipinski definition) is 2. The molecule has 0 fully saturated rings. The Morgan fingerprint density at radius 3 is 2.75 bits per heavy atom. The molecule has 2 nitrogen and oxygen atoms in total. The lowest BCUT2D eigenvalue weighted by Crippen LogP contribution is -2.15. The molecule has 0 aliphatic carbocycles. The van der Waals surface area contributed by atoms with Crippen LogP contribution in [0, 0.1) is 3.57 Å². The van der Waals surface area contributed by atoms with Crippen LogP contribution in [0.15, 0.2) is 18.2 Å². The molecule has 1 unspecified atom stereocenters. The Balaban J connectivity index is 2.46. The minimum atomic E-state index is 0.531. The molecule has 0 aliphatic heterocycles. The Morgan fingerprint density at radius 2 is 2.12 bits per heavy atom. The first-order chi connectivity index (χ1) is 7.63. The van der Waals surface area contributed by atoms with Gasteiger partial charge in [-0.2, -0.15) is 0 Å². The van der Waals surface area contributed by atoms with E-state index >= 15 is 0 Å². The zero-order valence-corrected chi connectivity index (χ0v) is 12.3. The second-order valence-electron chi connectivity index (χ2n) is 4.28. The molecule has 1 aromatic carbocycles. The number of benzene rings is 1. The maximum absolute atomic E-state index is 5.72. The summed E-state index contributed by atoms with van der Waals surface area (Å²) in [5.41, 5.74) is 7.74. The van der Waals surface area contributed by atoms with Gasteiger partial charge in [0.1, 0.15) is 0 Å². The van der Waals surface area contributed by atoms with Gasteiger partial charge < -0.3 is 11.1 Å². The number of anilines is 2. The molecule has 1 atom stereocenters. The zero-order valence-electron chi connectivity index (χ0n) is 10.1. The summed E-state index contributed by atoms with van der Waals surface area (Å²) in [6.07, 6.45) is 5.14. The molecule has 1 rings (SSSR count). The van der Waals surface area contributed by atoms with E-state index in [1.54, 1.807) is 0 Å². The Hall–Kier alpha value is -0.450. The van der Waals surface area contributed by atoms with E-state index in [9.17, 15) is 0 Å². The van der Waals surface area contributed by atoms with Crippen LogP contribution >= 0.6 is 22.6 Å². The van der Waals surface area contributed by atoms with Gasteiger partial charge in [0, 0.05) is 21.0 Å². The molecule has 0 saturated heterocycles. The molecule has 0 heterocycles. The third-order valence-corrected chi connectivity index (χ3v) is 3.53. The van der Waals surface area contributed by atoms with Crippen LogP contribution in [0.4, 0.5) is 11.4 Å². The van der Waals surface area contributed by atoms with Crippen molar-refractivity contribution in [1.29, 1.82) is 0 Å². The summed E-state index contributed by atoms with van der Waals surface area (Å²) >= 11 is 2.32. The number of nitrogen functional groups attached to an aromatic ring is 1. The maximum atomic E-state index is 5.72. The minimum Gasteiger partial charge on any atom is -0.399 e. The van der Waals surface area contributed by atoms with Crippen molar-refractivity contribution in [2.45, 2.75) is 45.6 Å². The summed E-state index contributed by atoms with van der Waals surface area (Å²) in [5, 5.41) is 3.53. The second kappa shape index (κ2) is 6.99. The molecule has 0 spiro atoms. The molecule has 0 radical (unpaired) electrons. The van der Waals surface area contributed by atoms with Crippen LogP contribution in [0.25, 0.3) is 0 Å². The number of rotatable bonds is 6. The van der Waals surface area contributed by atoms with Crippen LogP contribution in [0.2, 0.25) is 0 Å². The summed E-state index contributed by atoms with van der Waals surface area (Å²) in [6, 6.07) is 6.54. The van der Waals surface area contributed by atoms with Crippen molar-refractivity contribution in [3.05, 3.63) is 21.8 Å². The zero-order chi connectivity index (χ0) is 12.0. The molecule has 0 aliphatic rings. The summed E-state index contributed by atoms with van der Waals surface area (Å²) < 4.78 is 1.19. The lowest BCUT2D eigenvalue weighted by molar-refractivity contribution is 0.615. The lowest BCUT2D eigenvalue weighted by Gasteiger charge is -2.16. The predicted octanol–water partition coefficient (Wildman–Crippen LogP) is 4.25. The van der Waals surface area contributed by atoms with Crippen molar-refractivity contribution in [1.82, 2.24) is 0 Å². The monoisotopic (exact) mass is 332 g/mol. The standard InChI is InChI=1S/C13H21IN2/c1-3-4-5-6-10(2)16-13-8-7-11(15)9-12(13)14/h7-10,16H,3-6,15H2,1-2H3. The largest absolute Gasteiger partial charge is 0.399 e. The first-order valence-corrected chi connectivity index (χ1v) is 7.03. The first-order valence-electron chi connectivity index (χ1n) is 5.95. The third kappa shape index (κ3) is 4.60. The quantitative estimate of drug-likeness (QED) is 0.464. The average molecular weight is 332 g/mol. The average Bonchev–Trinajstić information content (AvgIpc) is 2.23. The van der Waals surface area contributed by atoms with E-state index in [0.29, 0.717) is 6.04 Å². The van der Waals surface area contributed by atoms with E-state index in [4.69, 9.17) is 5.73 Å². The van der Waals surface area contributed by atoms with Crippen LogP contribution in [0.5, 0.6) is 0 Å². The summed E-state index contributed by atoms with van der Waals surface area (Å²) in [5.74, 6) is 0. The Bertz CT molecular complexity index is 326. The topological polar surface area (TPSA) is 38.0 Å². The van der Waals surface area contributed by atoms with Crippen molar-refractivity contribution in [2.24, 2.45) is 0 Å². The van der Waals surface area contributed by atoms with E-state index in [1.165, 1.54) is 34.9 Å². The van der Waals surface area contributed by atoms with Crippen molar-refractivity contribution in [3.8, 4) is 0 Å². The summed E-state index contributed by atoms with van der Waals surface area (Å²) in [4.78, 5) is 0. The Kier molecular flexibility index (Phi) is 5.95. The van der Waals surface area contributed by atoms with Crippen molar-refractivity contribution >= 4 is 34.0 Å². The third-order valence-electron chi connectivity index (χ3n) is 2.64. The fraction of sp³-hybridized carbons (Fsp3) is 0.538. The number of nitrogens with two attached hydrogens (primary N) is 1. The van der Waals surface area contributed by atoms with Crippen LogP contribution in [-0.2, 0) is 0 Å². The molecule has 0 saturated carbocycles. The minimum absolute atomic E-state index is 0.531. The van der Waals surface area contributed by atoms with Gasteiger partial charge in [-0.1, -0.05) is 26.2 Å². The second-order valence-corrected chi connectivity index (χ2v) is 5.44. The number of unbranched alkanes of at least 4 members (excludes halogenated alkanes) is 2. The highest BCUT2D eigenvalue weighted by Crippen LogP contribution is 2.22. The van der Waals surface area contributed by atoms with E-state index in [1.807, 2.05) is 12.1 Å². The molecule has 1 aromatic rings. The number of hydrogen-bond acceptors (Lipinski definition) is 2. The predicted molar refractivity (Wildman–Crippen MR) is 80.8 cm³/mol. The molecule has 0 amide bonds. The highest BCUT2D eigenvalue weighted by Gasteiger charge is 2.04. The molecular formula is C13H21IN2. The van der Waals surface area contributed by atoms with E-state index in [-0.39, 0.29) is 0 Å². The SMILES string of the molecule is CCCCCC(C)Nc1ccc(N)cc1I. The van der Waals surface area contributed by atoms with Crippen molar-refractivity contribution in [3.63, 3.8) is 0 Å². The van der Waals surface area contributed by atoms with Gasteiger partial charge in [0.25, 0.3) is 0 Å². The van der Waals surface area contributed by atoms with Gasteiger partial charge >= 0.3 is 0 Å². The Labute approximate surface area is 112 Å². The van der Waals surface area contributed by atoms with E-state index in [0.717, 1.165) is 5.69 Å². The van der Waals surface area contributed by atoms with Gasteiger partial charge in [-0.15, -0.1) is 0 Å². The van der Waals surface area contributed by atoms with Crippen molar-refractivity contribution < 1.29 is 0 Å². The van der Waals surface area contributed by atoms with E-state index < -0.39 is 0 Å². The van der Waals surface area contributed by atoms with Crippen molar-refractivity contribution in [2.75, 3.05) is 11.1 Å². The van der Waals surface area contributed by atoms with Crippen LogP contribution in [0.3, 0.4) is 0 Å². The highest BCUT2D eigenvalue weighted by molar-refractivity contribution is 14.1. The van der Waals surface area contributed by atoms with Gasteiger partial charge in [-0.25, -0.2) is 0 Å². The lowest BCUT2D eigenvalue weighted by atomic mass is 10.1. The van der Waals surface area contributed by atoms with Gasteiger partial charge in [-0.3, -0.25) is 0 Å². The van der Waals surface area contributed by atoms with Crippen LogP contribution in [0.1, 0.15) is 39.5 Å². The highest BCUT2D eigenvalue weighted by atomic mass is 127. The molecule has 16 heavy (non-hydrogen) atoms. The van der Waals surface area contributed by atoms with Crippen LogP contribution < -0.4 is 11.1 Å². The normalized spacial score (nSPS) is 12.4. The molecule has 0 aromatic heterocycles. The number of halogens is 1. The van der Waals surface area contributed by atoms with E-state index in [2.05, 4.69) is 47.8 Å². The Morgan fingerprint density at radius 1 is 1.38 bits per heavy atom.